The number of hydrogen-bond donors (Lipinski definition) is 0. The Morgan fingerprint density at radius 3 is 1.90 bits per heavy atom. The Labute approximate surface area is 277 Å². The van der Waals surface area contributed by atoms with Crippen molar-refractivity contribution >= 4 is 82.1 Å². The van der Waals surface area contributed by atoms with Gasteiger partial charge in [-0.25, -0.2) is 0 Å². The monoisotopic (exact) mass is 611 g/mol. The molecular weight excluding hydrogens is 583 g/mol. The lowest BCUT2D eigenvalue weighted by atomic mass is 9.95. The first kappa shape index (κ1) is 26.8. The van der Waals surface area contributed by atoms with Gasteiger partial charge >= 0.3 is 0 Å². The Kier molecular flexibility index (Phi) is 5.91. The predicted octanol–water partition coefficient (Wildman–Crippen LogP) is 13.3. The second-order valence-corrected chi connectivity index (χ2v) is 12.5. The van der Waals surface area contributed by atoms with E-state index < -0.39 is 0 Å². The number of fused-ring (bicyclic) bond motifs is 9. The van der Waals surface area contributed by atoms with Crippen molar-refractivity contribution < 1.29 is 4.42 Å². The fraction of sp³-hybridized carbons (Fsp3) is 0. The molecule has 0 saturated carbocycles. The SMILES string of the molecule is c1ccc(-c2ccccc2N(c2ccc3c(ccc4ccc5ccccc5c43)c2)c2cccc3oc4cc5ccccc5cc4c23)cc1. The normalized spacial score (nSPS) is 11.8. The molecule has 1 heterocycles. The topological polar surface area (TPSA) is 16.4 Å². The fourth-order valence-electron chi connectivity index (χ4n) is 7.58. The van der Waals surface area contributed by atoms with E-state index in [1.807, 2.05) is 0 Å². The van der Waals surface area contributed by atoms with E-state index in [9.17, 15) is 0 Å². The standard InChI is InChI=1S/C46H29NO/c1-2-11-30(12-3-1)37-16-8-9-18-41(37)47(42-19-10-20-43-46(42)40-28-33-14-4-5-15-34(33)29-44(40)48-43)36-25-26-39-35(27-36)24-23-32-22-21-31-13-6-7-17-38(31)45(32)39/h1-29H. The Morgan fingerprint density at radius 1 is 0.354 bits per heavy atom. The Hall–Kier alpha value is -6.38. The first-order chi connectivity index (χ1) is 23.8. The second kappa shape index (κ2) is 10.6. The minimum Gasteiger partial charge on any atom is -0.456 e. The summed E-state index contributed by atoms with van der Waals surface area (Å²) in [6, 6.07) is 63.3. The number of furan rings is 1. The number of hydrogen-bond acceptors (Lipinski definition) is 2. The van der Waals surface area contributed by atoms with Crippen LogP contribution in [0.4, 0.5) is 17.1 Å². The highest BCUT2D eigenvalue weighted by Crippen LogP contribution is 2.47. The maximum atomic E-state index is 6.57. The van der Waals surface area contributed by atoms with Crippen molar-refractivity contribution in [2.24, 2.45) is 0 Å². The van der Waals surface area contributed by atoms with Crippen LogP contribution in [0.2, 0.25) is 0 Å². The average Bonchev–Trinajstić information content (AvgIpc) is 3.52. The molecular formula is C46H29NO. The molecule has 0 aliphatic heterocycles. The van der Waals surface area contributed by atoms with E-state index in [1.165, 1.54) is 48.7 Å². The maximum Gasteiger partial charge on any atom is 0.137 e. The molecule has 10 rings (SSSR count). The van der Waals surface area contributed by atoms with Gasteiger partial charge in [0.1, 0.15) is 11.2 Å². The molecule has 9 aromatic carbocycles. The van der Waals surface area contributed by atoms with Crippen LogP contribution in [0.25, 0.3) is 76.2 Å². The van der Waals surface area contributed by atoms with Crippen LogP contribution in [0.5, 0.6) is 0 Å². The van der Waals surface area contributed by atoms with Gasteiger partial charge in [0.05, 0.1) is 16.8 Å². The summed E-state index contributed by atoms with van der Waals surface area (Å²) in [5, 5.41) is 12.1. The third kappa shape index (κ3) is 4.13. The van der Waals surface area contributed by atoms with Crippen molar-refractivity contribution in [1.29, 1.82) is 0 Å². The van der Waals surface area contributed by atoms with Crippen molar-refractivity contribution in [3.05, 3.63) is 176 Å². The van der Waals surface area contributed by atoms with E-state index >= 15 is 0 Å². The van der Waals surface area contributed by atoms with Gasteiger partial charge in [0.2, 0.25) is 0 Å². The van der Waals surface area contributed by atoms with Crippen LogP contribution in [0, 0.1) is 0 Å². The van der Waals surface area contributed by atoms with Gasteiger partial charge in [0.25, 0.3) is 0 Å². The average molecular weight is 612 g/mol. The summed E-state index contributed by atoms with van der Waals surface area (Å²) in [6.45, 7) is 0. The summed E-state index contributed by atoms with van der Waals surface area (Å²) in [7, 11) is 0. The van der Waals surface area contributed by atoms with Gasteiger partial charge in [-0.15, -0.1) is 0 Å². The number of benzene rings is 9. The van der Waals surface area contributed by atoms with Crippen LogP contribution >= 0.6 is 0 Å². The number of nitrogens with zero attached hydrogens (tertiary/aromatic N) is 1. The summed E-state index contributed by atoms with van der Waals surface area (Å²) < 4.78 is 6.57. The van der Waals surface area contributed by atoms with Crippen molar-refractivity contribution in [3.63, 3.8) is 0 Å². The molecule has 2 nitrogen and oxygen atoms in total. The van der Waals surface area contributed by atoms with E-state index in [0.717, 1.165) is 44.6 Å². The molecule has 0 amide bonds. The minimum absolute atomic E-state index is 0.873. The number of anilines is 3. The summed E-state index contributed by atoms with van der Waals surface area (Å²) in [5.41, 5.74) is 7.38. The Morgan fingerprint density at radius 2 is 1.02 bits per heavy atom. The lowest BCUT2D eigenvalue weighted by Crippen LogP contribution is -2.11. The highest BCUT2D eigenvalue weighted by molar-refractivity contribution is 6.21. The van der Waals surface area contributed by atoms with Crippen LogP contribution in [0.1, 0.15) is 0 Å². The summed E-state index contributed by atoms with van der Waals surface area (Å²) in [5.74, 6) is 0. The molecule has 0 N–H and O–H groups in total. The third-order valence-corrected chi connectivity index (χ3v) is 9.78. The van der Waals surface area contributed by atoms with Crippen LogP contribution < -0.4 is 4.90 Å². The van der Waals surface area contributed by atoms with Crippen LogP contribution in [-0.4, -0.2) is 0 Å². The molecule has 0 fully saturated rings. The van der Waals surface area contributed by atoms with Crippen molar-refractivity contribution in [2.45, 2.75) is 0 Å². The number of rotatable bonds is 4. The lowest BCUT2D eigenvalue weighted by molar-refractivity contribution is 0.669. The molecule has 0 bridgehead atoms. The van der Waals surface area contributed by atoms with Crippen LogP contribution in [0.3, 0.4) is 0 Å². The largest absolute Gasteiger partial charge is 0.456 e. The Balaban J connectivity index is 1.28. The molecule has 0 saturated heterocycles. The van der Waals surface area contributed by atoms with Gasteiger partial charge in [-0.1, -0.05) is 133 Å². The third-order valence-electron chi connectivity index (χ3n) is 9.78. The van der Waals surface area contributed by atoms with E-state index in [4.69, 9.17) is 4.42 Å². The van der Waals surface area contributed by atoms with E-state index in [-0.39, 0.29) is 0 Å². The van der Waals surface area contributed by atoms with E-state index in [2.05, 4.69) is 181 Å². The zero-order chi connectivity index (χ0) is 31.6. The number of para-hydroxylation sites is 1. The summed E-state index contributed by atoms with van der Waals surface area (Å²) >= 11 is 0. The minimum atomic E-state index is 0.873. The molecule has 0 atom stereocenters. The smallest absolute Gasteiger partial charge is 0.137 e. The zero-order valence-electron chi connectivity index (χ0n) is 26.1. The van der Waals surface area contributed by atoms with Crippen molar-refractivity contribution in [1.82, 2.24) is 0 Å². The maximum absolute atomic E-state index is 6.57. The van der Waals surface area contributed by atoms with Crippen LogP contribution in [-0.2, 0) is 0 Å². The lowest BCUT2D eigenvalue weighted by Gasteiger charge is -2.29. The highest BCUT2D eigenvalue weighted by atomic mass is 16.3. The molecule has 1 aromatic heterocycles. The van der Waals surface area contributed by atoms with Gasteiger partial charge in [-0.3, -0.25) is 0 Å². The quantitative estimate of drug-likeness (QED) is 0.184. The van der Waals surface area contributed by atoms with Gasteiger partial charge in [-0.2, -0.15) is 0 Å². The molecule has 0 unspecified atom stereocenters. The van der Waals surface area contributed by atoms with Crippen molar-refractivity contribution in [3.8, 4) is 11.1 Å². The molecule has 0 spiro atoms. The molecule has 0 radical (unpaired) electrons. The van der Waals surface area contributed by atoms with E-state index in [1.54, 1.807) is 0 Å². The summed E-state index contributed by atoms with van der Waals surface area (Å²) in [6.07, 6.45) is 0. The van der Waals surface area contributed by atoms with Gasteiger partial charge < -0.3 is 9.32 Å². The molecule has 0 aliphatic carbocycles. The summed E-state index contributed by atoms with van der Waals surface area (Å²) in [4.78, 5) is 2.42. The highest BCUT2D eigenvalue weighted by Gasteiger charge is 2.22. The first-order valence-electron chi connectivity index (χ1n) is 16.4. The second-order valence-electron chi connectivity index (χ2n) is 12.5. The predicted molar refractivity (Wildman–Crippen MR) is 204 cm³/mol. The zero-order valence-corrected chi connectivity index (χ0v) is 26.1. The fourth-order valence-corrected chi connectivity index (χ4v) is 7.58. The van der Waals surface area contributed by atoms with Gasteiger partial charge in [0.15, 0.2) is 0 Å². The first-order valence-corrected chi connectivity index (χ1v) is 16.4. The van der Waals surface area contributed by atoms with E-state index in [0.29, 0.717) is 0 Å². The molecule has 10 aromatic rings. The van der Waals surface area contributed by atoms with Gasteiger partial charge in [0, 0.05) is 16.6 Å². The van der Waals surface area contributed by atoms with Crippen molar-refractivity contribution in [2.75, 3.05) is 4.90 Å². The molecule has 48 heavy (non-hydrogen) atoms. The molecule has 2 heteroatoms. The van der Waals surface area contributed by atoms with Gasteiger partial charge in [-0.05, 0) is 91.1 Å². The Bertz CT molecular complexity index is 2850. The molecule has 0 aliphatic rings. The van der Waals surface area contributed by atoms with Crippen LogP contribution in [0.15, 0.2) is 180 Å². The molecule has 224 valence electrons.